The average Bonchev–Trinajstić information content (AvgIpc) is 2.36. The predicted octanol–water partition coefficient (Wildman–Crippen LogP) is 4.11. The molecule has 0 aromatic carbocycles. The smallest absolute Gasteiger partial charge is 0.339 e. The largest absolute Gasteiger partial charge is 0.478 e. The van der Waals surface area contributed by atoms with Gasteiger partial charge in [-0.05, 0) is 50.9 Å². The van der Waals surface area contributed by atoms with Crippen LogP contribution in [0.15, 0.2) is 0 Å². The van der Waals surface area contributed by atoms with Gasteiger partial charge in [-0.25, -0.2) is 14.8 Å². The Kier molecular flexibility index (Phi) is 4.35. The van der Waals surface area contributed by atoms with Crippen LogP contribution in [0.1, 0.15) is 79.9 Å². The molecular weight excluding hydrogens is 264 g/mol. The van der Waals surface area contributed by atoms with E-state index in [0.717, 1.165) is 24.6 Å². The number of aromatic nitrogens is 2. The number of hydrogen-bond donors (Lipinski definition) is 1. The lowest BCUT2D eigenvalue weighted by atomic mass is 9.69. The molecule has 1 aliphatic carbocycles. The molecule has 1 aliphatic rings. The van der Waals surface area contributed by atoms with Gasteiger partial charge in [-0.2, -0.15) is 0 Å². The highest BCUT2D eigenvalue weighted by Gasteiger charge is 2.31. The molecule has 0 radical (unpaired) electrons. The lowest BCUT2D eigenvalue weighted by Crippen LogP contribution is -2.26. The van der Waals surface area contributed by atoms with E-state index < -0.39 is 5.97 Å². The quantitative estimate of drug-likeness (QED) is 0.890. The summed E-state index contributed by atoms with van der Waals surface area (Å²) in [6, 6.07) is 0. The van der Waals surface area contributed by atoms with Crippen LogP contribution >= 0.6 is 0 Å². The molecule has 1 N–H and O–H groups in total. The minimum absolute atomic E-state index is 0.252. The van der Waals surface area contributed by atoms with Crippen molar-refractivity contribution in [1.29, 1.82) is 0 Å². The molecule has 0 amide bonds. The molecule has 0 aliphatic heterocycles. The zero-order valence-corrected chi connectivity index (χ0v) is 13.7. The molecule has 21 heavy (non-hydrogen) atoms. The second-order valence-electron chi connectivity index (χ2n) is 7.35. The van der Waals surface area contributed by atoms with Crippen molar-refractivity contribution in [3.63, 3.8) is 0 Å². The average molecular weight is 290 g/mol. The van der Waals surface area contributed by atoms with Gasteiger partial charge >= 0.3 is 5.97 Å². The topological polar surface area (TPSA) is 63.1 Å². The summed E-state index contributed by atoms with van der Waals surface area (Å²) in [6.45, 7) is 10.5. The van der Waals surface area contributed by atoms with Crippen molar-refractivity contribution in [3.05, 3.63) is 22.8 Å². The van der Waals surface area contributed by atoms with Gasteiger partial charge in [0, 0.05) is 5.92 Å². The number of aromatic carboxylic acids is 1. The molecule has 2 rings (SSSR count). The molecular formula is C17H26N2O2. The van der Waals surface area contributed by atoms with Crippen LogP contribution in [0.25, 0.3) is 0 Å². The van der Waals surface area contributed by atoms with E-state index in [2.05, 4.69) is 30.7 Å². The van der Waals surface area contributed by atoms with Gasteiger partial charge in [0.05, 0.1) is 11.4 Å². The van der Waals surface area contributed by atoms with E-state index in [1.165, 1.54) is 12.8 Å². The Hall–Kier alpha value is -1.45. The van der Waals surface area contributed by atoms with Crippen molar-refractivity contribution in [3.8, 4) is 0 Å². The second kappa shape index (κ2) is 5.74. The van der Waals surface area contributed by atoms with Gasteiger partial charge in [0.1, 0.15) is 11.4 Å². The van der Waals surface area contributed by atoms with Gasteiger partial charge < -0.3 is 5.11 Å². The molecule has 4 heteroatoms. The van der Waals surface area contributed by atoms with E-state index in [1.54, 1.807) is 13.8 Å². The molecule has 1 fully saturated rings. The van der Waals surface area contributed by atoms with Crippen molar-refractivity contribution >= 4 is 5.97 Å². The highest BCUT2D eigenvalue weighted by Crippen LogP contribution is 2.42. The SMILES string of the molecule is Cc1nc([C@H]2CC[C@@H](C(C)(C)C)CC2)nc(C)c1C(=O)O. The van der Waals surface area contributed by atoms with Crippen LogP contribution in [0, 0.1) is 25.2 Å². The standard InChI is InChI=1S/C17H26N2O2/c1-10-14(16(20)21)11(2)19-15(18-10)12-6-8-13(9-7-12)17(3,4)5/h12-13H,6-9H2,1-5H3,(H,20,21)/t12-,13+. The number of carbonyl (C=O) groups is 1. The Balaban J connectivity index is 2.16. The van der Waals surface area contributed by atoms with Crippen molar-refractivity contribution in [2.45, 2.75) is 66.2 Å². The van der Waals surface area contributed by atoms with Gasteiger partial charge in [-0.1, -0.05) is 20.8 Å². The van der Waals surface area contributed by atoms with Crippen molar-refractivity contribution in [1.82, 2.24) is 9.97 Å². The van der Waals surface area contributed by atoms with E-state index in [-0.39, 0.29) is 5.56 Å². The lowest BCUT2D eigenvalue weighted by Gasteiger charge is -2.36. The highest BCUT2D eigenvalue weighted by molar-refractivity contribution is 5.89. The first-order valence-electron chi connectivity index (χ1n) is 7.78. The molecule has 4 nitrogen and oxygen atoms in total. The van der Waals surface area contributed by atoms with Crippen LogP contribution in [0.3, 0.4) is 0 Å². The number of rotatable bonds is 2. The van der Waals surface area contributed by atoms with E-state index in [9.17, 15) is 9.90 Å². The van der Waals surface area contributed by atoms with Crippen molar-refractivity contribution in [2.75, 3.05) is 0 Å². The van der Waals surface area contributed by atoms with Crippen LogP contribution in [0.5, 0.6) is 0 Å². The molecule has 1 heterocycles. The Morgan fingerprint density at radius 1 is 1.05 bits per heavy atom. The summed E-state index contributed by atoms with van der Waals surface area (Å²) in [4.78, 5) is 20.2. The van der Waals surface area contributed by atoms with Gasteiger partial charge in [0.15, 0.2) is 0 Å². The first kappa shape index (κ1) is 15.9. The Morgan fingerprint density at radius 2 is 1.52 bits per heavy atom. The molecule has 0 atom stereocenters. The van der Waals surface area contributed by atoms with E-state index in [1.807, 2.05) is 0 Å². The first-order chi connectivity index (χ1) is 9.70. The third-order valence-corrected chi connectivity index (χ3v) is 4.82. The number of hydrogen-bond acceptors (Lipinski definition) is 3. The molecule has 0 bridgehead atoms. The zero-order chi connectivity index (χ0) is 15.8. The van der Waals surface area contributed by atoms with Gasteiger partial charge in [-0.3, -0.25) is 0 Å². The maximum absolute atomic E-state index is 11.2. The summed E-state index contributed by atoms with van der Waals surface area (Å²) in [7, 11) is 0. The van der Waals surface area contributed by atoms with E-state index in [4.69, 9.17) is 0 Å². The third-order valence-electron chi connectivity index (χ3n) is 4.82. The normalized spacial score (nSPS) is 23.1. The number of aryl methyl sites for hydroxylation is 2. The van der Waals surface area contributed by atoms with Crippen LogP contribution < -0.4 is 0 Å². The summed E-state index contributed by atoms with van der Waals surface area (Å²) >= 11 is 0. The van der Waals surface area contributed by atoms with Crippen LogP contribution in [0.2, 0.25) is 0 Å². The van der Waals surface area contributed by atoms with Crippen molar-refractivity contribution < 1.29 is 9.90 Å². The molecule has 116 valence electrons. The monoisotopic (exact) mass is 290 g/mol. The summed E-state index contributed by atoms with van der Waals surface area (Å²) in [6.07, 6.45) is 4.62. The molecule has 1 saturated carbocycles. The van der Waals surface area contributed by atoms with E-state index in [0.29, 0.717) is 22.7 Å². The molecule has 0 spiro atoms. The number of carboxylic acid groups (broad SMARTS) is 1. The predicted molar refractivity (Wildman–Crippen MR) is 82.6 cm³/mol. The summed E-state index contributed by atoms with van der Waals surface area (Å²) in [5.41, 5.74) is 1.79. The van der Waals surface area contributed by atoms with Gasteiger partial charge in [0.2, 0.25) is 0 Å². The fraction of sp³-hybridized carbons (Fsp3) is 0.706. The Bertz CT molecular complexity index is 515. The molecule has 0 saturated heterocycles. The Morgan fingerprint density at radius 3 is 1.90 bits per heavy atom. The second-order valence-corrected chi connectivity index (χ2v) is 7.35. The number of carboxylic acids is 1. The van der Waals surface area contributed by atoms with E-state index >= 15 is 0 Å². The third kappa shape index (κ3) is 3.42. The Labute approximate surface area is 127 Å². The van der Waals surface area contributed by atoms with Crippen LogP contribution in [-0.4, -0.2) is 21.0 Å². The minimum Gasteiger partial charge on any atom is -0.478 e. The van der Waals surface area contributed by atoms with Gasteiger partial charge in [0.25, 0.3) is 0 Å². The van der Waals surface area contributed by atoms with Crippen LogP contribution in [0.4, 0.5) is 0 Å². The van der Waals surface area contributed by atoms with Crippen molar-refractivity contribution in [2.24, 2.45) is 11.3 Å². The number of nitrogens with zero attached hydrogens (tertiary/aromatic N) is 2. The summed E-state index contributed by atoms with van der Waals surface area (Å²) in [5, 5.41) is 9.19. The highest BCUT2D eigenvalue weighted by atomic mass is 16.4. The first-order valence-corrected chi connectivity index (χ1v) is 7.78. The summed E-state index contributed by atoms with van der Waals surface area (Å²) in [5.74, 6) is 1.04. The minimum atomic E-state index is -0.937. The molecule has 0 unspecified atom stereocenters. The lowest BCUT2D eigenvalue weighted by molar-refractivity contribution is 0.0694. The maximum atomic E-state index is 11.2. The molecule has 1 aromatic rings. The fourth-order valence-electron chi connectivity index (χ4n) is 3.45. The van der Waals surface area contributed by atoms with Gasteiger partial charge in [-0.15, -0.1) is 0 Å². The maximum Gasteiger partial charge on any atom is 0.339 e. The van der Waals surface area contributed by atoms with Crippen LogP contribution in [-0.2, 0) is 0 Å². The fourth-order valence-corrected chi connectivity index (χ4v) is 3.45. The molecule has 1 aromatic heterocycles. The summed E-state index contributed by atoms with van der Waals surface area (Å²) < 4.78 is 0. The zero-order valence-electron chi connectivity index (χ0n) is 13.7.